The van der Waals surface area contributed by atoms with E-state index >= 15 is 0 Å². The Balaban J connectivity index is 2.73. The molecule has 2 unspecified atom stereocenters. The fraction of sp³-hybridized carbons (Fsp3) is 0.316. The van der Waals surface area contributed by atoms with Crippen LogP contribution in [0.1, 0.15) is 41.6 Å². The summed E-state index contributed by atoms with van der Waals surface area (Å²) >= 11 is 0. The smallest absolute Gasteiger partial charge is 0.335 e. The van der Waals surface area contributed by atoms with Crippen LogP contribution in [0.25, 0.3) is 11.1 Å². The standard InChI is InChI=1S/C19H17F5O2/c1-10(21)7-11(5-6-20)17-13(3-2-4-14(17)19(25)26)12-8-15(22)18(24)16(23)9-12/h2-4,8-11H,5-7H2,1H3,(H,25,26). The van der Waals surface area contributed by atoms with Crippen molar-refractivity contribution in [2.75, 3.05) is 6.67 Å². The summed E-state index contributed by atoms with van der Waals surface area (Å²) < 4.78 is 67.0. The lowest BCUT2D eigenvalue weighted by Crippen LogP contribution is -2.13. The molecule has 0 aliphatic carbocycles. The maximum absolute atomic E-state index is 13.6. The lowest BCUT2D eigenvalue weighted by molar-refractivity contribution is 0.0694. The van der Waals surface area contributed by atoms with Crippen molar-refractivity contribution in [2.45, 2.75) is 31.9 Å². The Morgan fingerprint density at radius 3 is 2.27 bits per heavy atom. The zero-order valence-corrected chi connectivity index (χ0v) is 13.9. The summed E-state index contributed by atoms with van der Waals surface area (Å²) in [7, 11) is 0. The summed E-state index contributed by atoms with van der Waals surface area (Å²) in [6.07, 6.45) is -1.66. The van der Waals surface area contributed by atoms with Gasteiger partial charge in [-0.3, -0.25) is 4.39 Å². The molecule has 0 aliphatic heterocycles. The quantitative estimate of drug-likeness (QED) is 0.503. The van der Waals surface area contributed by atoms with Gasteiger partial charge in [0, 0.05) is 0 Å². The second-order valence-corrected chi connectivity index (χ2v) is 6.02. The van der Waals surface area contributed by atoms with Gasteiger partial charge in [-0.15, -0.1) is 0 Å². The van der Waals surface area contributed by atoms with Crippen LogP contribution in [0.3, 0.4) is 0 Å². The van der Waals surface area contributed by atoms with E-state index < -0.39 is 42.2 Å². The van der Waals surface area contributed by atoms with E-state index in [-0.39, 0.29) is 35.1 Å². The molecule has 0 aliphatic rings. The van der Waals surface area contributed by atoms with Gasteiger partial charge in [-0.1, -0.05) is 12.1 Å². The summed E-state index contributed by atoms with van der Waals surface area (Å²) in [5, 5.41) is 9.45. The van der Waals surface area contributed by atoms with Gasteiger partial charge in [-0.2, -0.15) is 0 Å². The van der Waals surface area contributed by atoms with Crippen LogP contribution in [0.15, 0.2) is 30.3 Å². The molecule has 0 aromatic heterocycles. The van der Waals surface area contributed by atoms with Crippen molar-refractivity contribution >= 4 is 5.97 Å². The molecule has 0 spiro atoms. The first-order chi connectivity index (χ1) is 12.3. The van der Waals surface area contributed by atoms with Gasteiger partial charge in [0.2, 0.25) is 0 Å². The number of carbonyl (C=O) groups is 1. The average molecular weight is 372 g/mol. The molecule has 0 saturated heterocycles. The molecule has 2 atom stereocenters. The van der Waals surface area contributed by atoms with Gasteiger partial charge >= 0.3 is 5.97 Å². The normalized spacial score (nSPS) is 13.5. The van der Waals surface area contributed by atoms with Crippen LogP contribution in [0.5, 0.6) is 0 Å². The number of hydrogen-bond acceptors (Lipinski definition) is 1. The number of benzene rings is 2. The minimum Gasteiger partial charge on any atom is -0.478 e. The van der Waals surface area contributed by atoms with Gasteiger partial charge in [0.05, 0.1) is 18.4 Å². The second kappa shape index (κ2) is 8.29. The fourth-order valence-electron chi connectivity index (χ4n) is 3.06. The highest BCUT2D eigenvalue weighted by Crippen LogP contribution is 2.38. The SMILES string of the molecule is CC(F)CC(CCF)c1c(C(=O)O)cccc1-c1cc(F)c(F)c(F)c1. The van der Waals surface area contributed by atoms with Crippen molar-refractivity contribution in [1.29, 1.82) is 0 Å². The molecule has 0 radical (unpaired) electrons. The predicted octanol–water partition coefficient (Wildman–Crippen LogP) is 5.66. The topological polar surface area (TPSA) is 37.3 Å². The molecule has 0 heterocycles. The number of rotatable bonds is 7. The van der Waals surface area contributed by atoms with Crippen molar-refractivity contribution in [2.24, 2.45) is 0 Å². The zero-order valence-electron chi connectivity index (χ0n) is 13.9. The Bertz CT molecular complexity index is 782. The summed E-state index contributed by atoms with van der Waals surface area (Å²) in [6, 6.07) is 5.46. The van der Waals surface area contributed by atoms with E-state index in [1.807, 2.05) is 0 Å². The van der Waals surface area contributed by atoms with Crippen molar-refractivity contribution in [1.82, 2.24) is 0 Å². The van der Waals surface area contributed by atoms with Crippen molar-refractivity contribution in [3.8, 4) is 11.1 Å². The number of alkyl halides is 2. The van der Waals surface area contributed by atoms with Crippen LogP contribution in [0.4, 0.5) is 22.0 Å². The highest BCUT2D eigenvalue weighted by molar-refractivity contribution is 5.92. The summed E-state index contributed by atoms with van der Waals surface area (Å²) in [5.74, 6) is -6.68. The Morgan fingerprint density at radius 2 is 1.77 bits per heavy atom. The van der Waals surface area contributed by atoms with Crippen LogP contribution < -0.4 is 0 Å². The molecule has 2 nitrogen and oxygen atoms in total. The third kappa shape index (κ3) is 4.20. The van der Waals surface area contributed by atoms with E-state index in [4.69, 9.17) is 0 Å². The van der Waals surface area contributed by atoms with Gasteiger partial charge in [0.15, 0.2) is 17.5 Å². The van der Waals surface area contributed by atoms with Crippen molar-refractivity contribution in [3.05, 3.63) is 58.9 Å². The lowest BCUT2D eigenvalue weighted by atomic mass is 9.82. The third-order valence-corrected chi connectivity index (χ3v) is 4.11. The first kappa shape index (κ1) is 19.9. The Morgan fingerprint density at radius 1 is 1.15 bits per heavy atom. The van der Waals surface area contributed by atoms with Gasteiger partial charge in [0.25, 0.3) is 0 Å². The predicted molar refractivity (Wildman–Crippen MR) is 87.2 cm³/mol. The molecule has 1 N–H and O–H groups in total. The molecule has 140 valence electrons. The second-order valence-electron chi connectivity index (χ2n) is 6.02. The van der Waals surface area contributed by atoms with E-state index in [1.165, 1.54) is 25.1 Å². The third-order valence-electron chi connectivity index (χ3n) is 4.11. The monoisotopic (exact) mass is 372 g/mol. The highest BCUT2D eigenvalue weighted by atomic mass is 19.2. The molecule has 2 aromatic carbocycles. The molecule has 0 fully saturated rings. The largest absolute Gasteiger partial charge is 0.478 e. The van der Waals surface area contributed by atoms with Gasteiger partial charge in [0.1, 0.15) is 0 Å². The van der Waals surface area contributed by atoms with E-state index in [1.54, 1.807) is 0 Å². The maximum atomic E-state index is 13.6. The maximum Gasteiger partial charge on any atom is 0.335 e. The van der Waals surface area contributed by atoms with Gasteiger partial charge in [-0.25, -0.2) is 22.4 Å². The molecule has 0 amide bonds. The minimum atomic E-state index is -1.65. The zero-order chi connectivity index (χ0) is 19.4. The molecule has 0 bridgehead atoms. The number of carboxylic acids is 1. The average Bonchev–Trinajstić information content (AvgIpc) is 2.57. The number of hydrogen-bond donors (Lipinski definition) is 1. The first-order valence-corrected chi connectivity index (χ1v) is 7.97. The lowest BCUT2D eigenvalue weighted by Gasteiger charge is -2.23. The summed E-state index contributed by atoms with van der Waals surface area (Å²) in [5.41, 5.74) is -0.143. The van der Waals surface area contributed by atoms with E-state index in [0.29, 0.717) is 0 Å². The van der Waals surface area contributed by atoms with Gasteiger partial charge in [-0.05, 0) is 60.6 Å². The molecule has 26 heavy (non-hydrogen) atoms. The summed E-state index contributed by atoms with van der Waals surface area (Å²) in [4.78, 5) is 11.6. The van der Waals surface area contributed by atoms with Crippen LogP contribution in [-0.2, 0) is 0 Å². The Kier molecular flexibility index (Phi) is 6.34. The van der Waals surface area contributed by atoms with Gasteiger partial charge < -0.3 is 5.11 Å². The van der Waals surface area contributed by atoms with Crippen LogP contribution in [0.2, 0.25) is 0 Å². The molecular weight excluding hydrogens is 355 g/mol. The summed E-state index contributed by atoms with van der Waals surface area (Å²) in [6.45, 7) is 0.433. The molecule has 0 saturated carbocycles. The van der Waals surface area contributed by atoms with E-state index in [0.717, 1.165) is 12.1 Å². The Hall–Kier alpha value is -2.44. The van der Waals surface area contributed by atoms with Crippen LogP contribution in [-0.4, -0.2) is 23.9 Å². The van der Waals surface area contributed by atoms with Crippen molar-refractivity contribution < 1.29 is 31.9 Å². The van der Waals surface area contributed by atoms with Crippen LogP contribution in [0, 0.1) is 17.5 Å². The van der Waals surface area contributed by atoms with Crippen molar-refractivity contribution in [3.63, 3.8) is 0 Å². The van der Waals surface area contributed by atoms with E-state index in [2.05, 4.69) is 0 Å². The molecular formula is C19H17F5O2. The number of aromatic carboxylic acids is 1. The Labute approximate surface area is 147 Å². The fourth-order valence-corrected chi connectivity index (χ4v) is 3.06. The molecule has 2 rings (SSSR count). The van der Waals surface area contributed by atoms with Crippen LogP contribution >= 0.6 is 0 Å². The number of halogens is 5. The molecule has 2 aromatic rings. The van der Waals surface area contributed by atoms with E-state index in [9.17, 15) is 31.9 Å². The molecule has 7 heteroatoms. The minimum absolute atomic E-state index is 0.0764. The highest BCUT2D eigenvalue weighted by Gasteiger charge is 2.25. The first-order valence-electron chi connectivity index (χ1n) is 7.97. The number of carboxylic acid groups (broad SMARTS) is 1.